The maximum Gasteiger partial charge on any atom is 0.275 e. The van der Waals surface area contributed by atoms with E-state index in [0.29, 0.717) is 18.5 Å². The van der Waals surface area contributed by atoms with Gasteiger partial charge in [-0.25, -0.2) is 0 Å². The summed E-state index contributed by atoms with van der Waals surface area (Å²) >= 11 is 1.93. The Bertz CT molecular complexity index is 686. The molecule has 1 aromatic rings. The van der Waals surface area contributed by atoms with Gasteiger partial charge in [-0.2, -0.15) is 0 Å². The highest BCUT2D eigenvalue weighted by Crippen LogP contribution is 2.55. The number of carbonyl (C=O) groups is 1. The zero-order chi connectivity index (χ0) is 17.3. The number of nitrogens with one attached hydrogen (secondary N) is 2. The summed E-state index contributed by atoms with van der Waals surface area (Å²) in [5.74, 6) is 3.86. The summed E-state index contributed by atoms with van der Waals surface area (Å²) < 4.78 is 0. The lowest BCUT2D eigenvalue weighted by atomic mass is 9.53. The Morgan fingerprint density at radius 2 is 1.85 bits per heavy atom. The first kappa shape index (κ1) is 16.1. The Labute approximate surface area is 160 Å². The molecule has 1 unspecified atom stereocenters. The zero-order valence-electron chi connectivity index (χ0n) is 15.6. The highest BCUT2D eigenvalue weighted by Gasteiger charge is 2.52. The van der Waals surface area contributed by atoms with Gasteiger partial charge in [-0.15, -0.1) is 11.3 Å². The lowest BCUT2D eigenvalue weighted by Gasteiger charge is -2.56. The third-order valence-electron chi connectivity index (χ3n) is 8.15. The van der Waals surface area contributed by atoms with Gasteiger partial charge in [0.1, 0.15) is 6.04 Å². The second kappa shape index (κ2) is 5.81. The molecule has 2 heterocycles. The van der Waals surface area contributed by atoms with Gasteiger partial charge in [0.05, 0.1) is 6.54 Å². The average Bonchev–Trinajstić information content (AvgIpc) is 3.29. The van der Waals surface area contributed by atoms with Crippen molar-refractivity contribution in [2.75, 3.05) is 13.1 Å². The van der Waals surface area contributed by atoms with E-state index in [1.165, 1.54) is 51.4 Å². The molecule has 7 rings (SSSR count). The van der Waals surface area contributed by atoms with E-state index in [-0.39, 0.29) is 5.54 Å². The molecule has 2 N–H and O–H groups in total. The van der Waals surface area contributed by atoms with Crippen LogP contribution < -0.4 is 10.2 Å². The SMILES string of the molecule is O=C(C[NH+]1CCc2sccc2[C@@H]1C1CC1)NC12CC3CC(CC(C3)C1)C2. The van der Waals surface area contributed by atoms with Crippen molar-refractivity contribution >= 4 is 17.2 Å². The van der Waals surface area contributed by atoms with E-state index in [2.05, 4.69) is 16.8 Å². The molecule has 5 saturated carbocycles. The Kier molecular flexibility index (Phi) is 3.60. The van der Waals surface area contributed by atoms with E-state index in [1.54, 1.807) is 15.3 Å². The Balaban J connectivity index is 1.17. The number of hydrogen-bond acceptors (Lipinski definition) is 2. The molecule has 1 aliphatic heterocycles. The average molecular weight is 372 g/mol. The van der Waals surface area contributed by atoms with Crippen LogP contribution in [-0.2, 0) is 11.2 Å². The largest absolute Gasteiger partial charge is 0.346 e. The van der Waals surface area contributed by atoms with Gasteiger partial charge in [-0.3, -0.25) is 4.79 Å². The lowest BCUT2D eigenvalue weighted by molar-refractivity contribution is -0.928. The van der Waals surface area contributed by atoms with Gasteiger partial charge in [0.2, 0.25) is 0 Å². The van der Waals surface area contributed by atoms with Gasteiger partial charge in [0, 0.05) is 28.3 Å². The molecule has 26 heavy (non-hydrogen) atoms. The summed E-state index contributed by atoms with van der Waals surface area (Å²) in [6.07, 6.45) is 12.0. The highest BCUT2D eigenvalue weighted by molar-refractivity contribution is 7.10. The molecule has 0 aromatic carbocycles. The second-order valence-electron chi connectivity index (χ2n) is 10.2. The van der Waals surface area contributed by atoms with E-state index in [0.717, 1.165) is 36.6 Å². The van der Waals surface area contributed by atoms with Crippen molar-refractivity contribution in [2.45, 2.75) is 69.4 Å². The highest BCUT2D eigenvalue weighted by atomic mass is 32.1. The number of hydrogen-bond donors (Lipinski definition) is 2. The topological polar surface area (TPSA) is 33.5 Å². The molecular weight excluding hydrogens is 340 g/mol. The van der Waals surface area contributed by atoms with Crippen LogP contribution in [0.1, 0.15) is 67.8 Å². The van der Waals surface area contributed by atoms with E-state index >= 15 is 0 Å². The summed E-state index contributed by atoms with van der Waals surface area (Å²) in [5, 5.41) is 5.87. The van der Waals surface area contributed by atoms with E-state index in [1.807, 2.05) is 11.3 Å². The quantitative estimate of drug-likeness (QED) is 0.838. The van der Waals surface area contributed by atoms with Crippen LogP contribution >= 0.6 is 11.3 Å². The van der Waals surface area contributed by atoms with Gasteiger partial charge in [0.25, 0.3) is 5.91 Å². The fourth-order valence-corrected chi connectivity index (χ4v) is 8.44. The first-order valence-electron chi connectivity index (χ1n) is 10.9. The zero-order valence-corrected chi connectivity index (χ0v) is 16.5. The molecule has 4 bridgehead atoms. The minimum Gasteiger partial charge on any atom is -0.346 e. The monoisotopic (exact) mass is 371 g/mol. The van der Waals surface area contributed by atoms with Crippen LogP contribution in [0.15, 0.2) is 11.4 Å². The lowest BCUT2D eigenvalue weighted by Crippen LogP contribution is -3.14. The summed E-state index contributed by atoms with van der Waals surface area (Å²) in [5.41, 5.74) is 1.74. The van der Waals surface area contributed by atoms with Crippen molar-refractivity contribution in [2.24, 2.45) is 23.7 Å². The van der Waals surface area contributed by atoms with Crippen molar-refractivity contribution in [3.05, 3.63) is 21.9 Å². The van der Waals surface area contributed by atoms with Crippen LogP contribution in [0.3, 0.4) is 0 Å². The molecule has 1 amide bonds. The van der Waals surface area contributed by atoms with Gasteiger partial charge in [-0.05, 0) is 80.6 Å². The Hall–Kier alpha value is -0.870. The third-order valence-corrected chi connectivity index (χ3v) is 9.15. The Morgan fingerprint density at radius 1 is 1.15 bits per heavy atom. The predicted octanol–water partition coefficient (Wildman–Crippen LogP) is 2.73. The Morgan fingerprint density at radius 3 is 2.50 bits per heavy atom. The van der Waals surface area contributed by atoms with Crippen LogP contribution in [0.2, 0.25) is 0 Å². The van der Waals surface area contributed by atoms with E-state index in [4.69, 9.17) is 0 Å². The molecule has 0 saturated heterocycles. The van der Waals surface area contributed by atoms with Crippen molar-refractivity contribution in [3.63, 3.8) is 0 Å². The first-order valence-corrected chi connectivity index (χ1v) is 11.8. The molecule has 0 radical (unpaired) electrons. The fraction of sp³-hybridized carbons (Fsp3) is 0.773. The number of rotatable bonds is 4. The molecule has 5 aliphatic carbocycles. The van der Waals surface area contributed by atoms with Crippen LogP contribution in [-0.4, -0.2) is 24.5 Å². The van der Waals surface area contributed by atoms with Crippen molar-refractivity contribution < 1.29 is 9.69 Å². The molecule has 140 valence electrons. The maximum absolute atomic E-state index is 13.1. The second-order valence-corrected chi connectivity index (χ2v) is 11.2. The van der Waals surface area contributed by atoms with Crippen LogP contribution in [0.4, 0.5) is 0 Å². The maximum atomic E-state index is 13.1. The predicted molar refractivity (Wildman–Crippen MR) is 103 cm³/mol. The third kappa shape index (κ3) is 2.67. The molecule has 6 aliphatic rings. The first-order chi connectivity index (χ1) is 12.7. The number of quaternary nitrogens is 1. The molecule has 0 spiro atoms. The summed E-state index contributed by atoms with van der Waals surface area (Å²) in [6.45, 7) is 1.83. The number of amides is 1. The van der Waals surface area contributed by atoms with Gasteiger partial charge in [0.15, 0.2) is 6.54 Å². The molecule has 2 atom stereocenters. The number of carbonyl (C=O) groups excluding carboxylic acids is 1. The van der Waals surface area contributed by atoms with Crippen molar-refractivity contribution in [1.29, 1.82) is 0 Å². The normalized spacial score (nSPS) is 43.3. The molecule has 4 heteroatoms. The molecule has 3 nitrogen and oxygen atoms in total. The minimum atomic E-state index is 0.170. The number of thiophene rings is 1. The summed E-state index contributed by atoms with van der Waals surface area (Å²) in [6, 6.07) is 2.94. The van der Waals surface area contributed by atoms with E-state index < -0.39 is 0 Å². The standard InChI is InChI=1S/C22H30N2OS/c25-20(23-22-10-14-7-15(11-22)9-16(8-14)12-22)13-24-5-3-19-18(4-6-26-19)21(24)17-1-2-17/h4,6,14-17,21H,1-3,5,7-13H2,(H,23,25)/p+1/t14?,15?,16?,21-,22?/m0/s1. The fourth-order valence-electron chi connectivity index (χ4n) is 7.51. The van der Waals surface area contributed by atoms with Gasteiger partial charge in [-0.1, -0.05) is 0 Å². The van der Waals surface area contributed by atoms with Crippen LogP contribution in [0.5, 0.6) is 0 Å². The van der Waals surface area contributed by atoms with Gasteiger partial charge < -0.3 is 10.2 Å². The smallest absolute Gasteiger partial charge is 0.275 e. The molecule has 1 aromatic heterocycles. The summed E-state index contributed by atoms with van der Waals surface area (Å²) in [7, 11) is 0. The van der Waals surface area contributed by atoms with Crippen molar-refractivity contribution in [1.82, 2.24) is 5.32 Å². The van der Waals surface area contributed by atoms with Gasteiger partial charge >= 0.3 is 0 Å². The minimum absolute atomic E-state index is 0.170. The molecular formula is C22H31N2OS+. The van der Waals surface area contributed by atoms with Crippen LogP contribution in [0, 0.1) is 23.7 Å². The molecule has 5 fully saturated rings. The number of fused-ring (bicyclic) bond motifs is 1. The van der Waals surface area contributed by atoms with E-state index in [9.17, 15) is 4.79 Å². The van der Waals surface area contributed by atoms with Crippen molar-refractivity contribution in [3.8, 4) is 0 Å². The van der Waals surface area contributed by atoms with Crippen LogP contribution in [0.25, 0.3) is 0 Å². The summed E-state index contributed by atoms with van der Waals surface area (Å²) in [4.78, 5) is 16.2.